The van der Waals surface area contributed by atoms with Crippen molar-refractivity contribution in [2.75, 3.05) is 25.1 Å². The highest BCUT2D eigenvalue weighted by atomic mass is 16.5. The maximum atomic E-state index is 5.38. The molecule has 0 amide bonds. The quantitative estimate of drug-likeness (QED) is 0.837. The van der Waals surface area contributed by atoms with Crippen LogP contribution in [0.4, 0.5) is 5.95 Å². The first-order valence-corrected chi connectivity index (χ1v) is 5.68. The Balaban J connectivity index is 1.94. The fourth-order valence-corrected chi connectivity index (χ4v) is 1.68. The second-order valence-corrected chi connectivity index (χ2v) is 3.71. The minimum atomic E-state index is 0.311. The molecule has 0 spiro atoms. The maximum absolute atomic E-state index is 5.38. The molecule has 1 aromatic heterocycles. The van der Waals surface area contributed by atoms with Crippen molar-refractivity contribution in [1.82, 2.24) is 9.97 Å². The van der Waals surface area contributed by atoms with Gasteiger partial charge in [0.15, 0.2) is 0 Å². The average molecular weight is 223 g/mol. The lowest BCUT2D eigenvalue weighted by atomic mass is 10.1. The summed E-state index contributed by atoms with van der Waals surface area (Å²) in [5, 5.41) is 3.25. The van der Waals surface area contributed by atoms with E-state index < -0.39 is 0 Å². The van der Waals surface area contributed by atoms with E-state index >= 15 is 0 Å². The van der Waals surface area contributed by atoms with E-state index in [1.54, 1.807) is 12.3 Å². The van der Waals surface area contributed by atoms with Gasteiger partial charge in [0.1, 0.15) is 0 Å². The van der Waals surface area contributed by atoms with E-state index in [9.17, 15) is 0 Å². The van der Waals surface area contributed by atoms with E-state index in [4.69, 9.17) is 9.47 Å². The zero-order valence-electron chi connectivity index (χ0n) is 9.48. The second kappa shape index (κ2) is 5.65. The van der Waals surface area contributed by atoms with Gasteiger partial charge in [-0.3, -0.25) is 0 Å². The van der Waals surface area contributed by atoms with Crippen LogP contribution in [0.3, 0.4) is 0 Å². The number of rotatable bonds is 4. The van der Waals surface area contributed by atoms with Crippen molar-refractivity contribution in [1.29, 1.82) is 0 Å². The van der Waals surface area contributed by atoms with Crippen LogP contribution in [0, 0.1) is 0 Å². The molecule has 1 aliphatic heterocycles. The van der Waals surface area contributed by atoms with E-state index in [2.05, 4.69) is 15.3 Å². The largest absolute Gasteiger partial charge is 0.478 e. The van der Waals surface area contributed by atoms with Crippen LogP contribution in [0.1, 0.15) is 19.8 Å². The van der Waals surface area contributed by atoms with E-state index in [-0.39, 0.29) is 0 Å². The molecule has 0 aliphatic carbocycles. The molecule has 16 heavy (non-hydrogen) atoms. The van der Waals surface area contributed by atoms with Gasteiger partial charge in [-0.15, -0.1) is 0 Å². The molecule has 5 heteroatoms. The first kappa shape index (κ1) is 11.1. The van der Waals surface area contributed by atoms with Gasteiger partial charge in [0.2, 0.25) is 11.8 Å². The molecule has 0 radical (unpaired) electrons. The Hall–Kier alpha value is -1.36. The van der Waals surface area contributed by atoms with Gasteiger partial charge < -0.3 is 14.8 Å². The van der Waals surface area contributed by atoms with Crippen LogP contribution in [0.25, 0.3) is 0 Å². The number of hydrogen-bond donors (Lipinski definition) is 1. The van der Waals surface area contributed by atoms with Gasteiger partial charge in [-0.1, -0.05) is 0 Å². The molecule has 1 unspecified atom stereocenters. The molecule has 0 saturated carbocycles. The highest BCUT2D eigenvalue weighted by molar-refractivity contribution is 5.28. The van der Waals surface area contributed by atoms with E-state index in [0.717, 1.165) is 26.1 Å². The van der Waals surface area contributed by atoms with Crippen molar-refractivity contribution in [3.05, 3.63) is 12.3 Å². The minimum absolute atomic E-state index is 0.311. The van der Waals surface area contributed by atoms with Crippen molar-refractivity contribution < 1.29 is 9.47 Å². The van der Waals surface area contributed by atoms with Gasteiger partial charge in [-0.2, -0.15) is 4.98 Å². The smallest absolute Gasteiger partial charge is 0.226 e. The van der Waals surface area contributed by atoms with E-state index in [1.165, 1.54) is 0 Å². The summed E-state index contributed by atoms with van der Waals surface area (Å²) < 4.78 is 10.7. The van der Waals surface area contributed by atoms with Crippen LogP contribution >= 0.6 is 0 Å². The first-order chi connectivity index (χ1) is 7.88. The summed E-state index contributed by atoms with van der Waals surface area (Å²) in [6.45, 7) is 4.13. The number of anilines is 1. The monoisotopic (exact) mass is 223 g/mol. The fraction of sp³-hybridized carbons (Fsp3) is 0.636. The Bertz CT molecular complexity index is 327. The molecule has 1 saturated heterocycles. The molecule has 5 nitrogen and oxygen atoms in total. The summed E-state index contributed by atoms with van der Waals surface area (Å²) in [4.78, 5) is 8.41. The lowest BCUT2D eigenvalue weighted by molar-refractivity contribution is 0.0873. The summed E-state index contributed by atoms with van der Waals surface area (Å²) in [7, 11) is 0. The van der Waals surface area contributed by atoms with Gasteiger partial charge in [-0.25, -0.2) is 4.98 Å². The Morgan fingerprint density at radius 3 is 3.31 bits per heavy atom. The molecule has 0 aromatic carbocycles. The topological polar surface area (TPSA) is 56.3 Å². The number of nitrogens with one attached hydrogen (secondary N) is 1. The van der Waals surface area contributed by atoms with Gasteiger partial charge >= 0.3 is 0 Å². The molecule has 1 fully saturated rings. The standard InChI is InChI=1S/C11H17N3O2/c1-2-16-10-5-6-12-11(14-10)13-9-4-3-7-15-8-9/h5-6,9H,2-4,7-8H2,1H3,(H,12,13,14). The molecule has 2 heterocycles. The molecule has 1 N–H and O–H groups in total. The van der Waals surface area contributed by atoms with Crippen LogP contribution in [0.15, 0.2) is 12.3 Å². The first-order valence-electron chi connectivity index (χ1n) is 5.68. The third kappa shape index (κ3) is 3.06. The third-order valence-electron chi connectivity index (χ3n) is 2.42. The highest BCUT2D eigenvalue weighted by Gasteiger charge is 2.14. The van der Waals surface area contributed by atoms with Crippen LogP contribution in [0.2, 0.25) is 0 Å². The third-order valence-corrected chi connectivity index (χ3v) is 2.42. The predicted molar refractivity (Wildman–Crippen MR) is 60.7 cm³/mol. The van der Waals surface area contributed by atoms with Crippen LogP contribution in [-0.4, -0.2) is 35.8 Å². The Kier molecular flexibility index (Phi) is 3.93. The van der Waals surface area contributed by atoms with Crippen molar-refractivity contribution >= 4 is 5.95 Å². The van der Waals surface area contributed by atoms with Crippen molar-refractivity contribution in [2.45, 2.75) is 25.8 Å². The fourth-order valence-electron chi connectivity index (χ4n) is 1.68. The maximum Gasteiger partial charge on any atom is 0.226 e. The van der Waals surface area contributed by atoms with Crippen LogP contribution in [-0.2, 0) is 4.74 Å². The Morgan fingerprint density at radius 1 is 1.62 bits per heavy atom. The van der Waals surface area contributed by atoms with E-state index in [0.29, 0.717) is 24.5 Å². The summed E-state index contributed by atoms with van der Waals surface area (Å²) in [6.07, 6.45) is 3.88. The molecule has 1 aliphatic rings. The lowest BCUT2D eigenvalue weighted by Gasteiger charge is -2.23. The van der Waals surface area contributed by atoms with Crippen LogP contribution in [0.5, 0.6) is 5.88 Å². The molecule has 1 aromatic rings. The second-order valence-electron chi connectivity index (χ2n) is 3.71. The summed E-state index contributed by atoms with van der Waals surface area (Å²) in [5.41, 5.74) is 0. The van der Waals surface area contributed by atoms with Crippen molar-refractivity contribution in [2.24, 2.45) is 0 Å². The summed E-state index contributed by atoms with van der Waals surface area (Å²) in [5.74, 6) is 1.22. The minimum Gasteiger partial charge on any atom is -0.478 e. The summed E-state index contributed by atoms with van der Waals surface area (Å²) in [6, 6.07) is 2.07. The molecule has 1 atom stereocenters. The SMILES string of the molecule is CCOc1ccnc(NC2CCCOC2)n1. The van der Waals surface area contributed by atoms with Crippen molar-refractivity contribution in [3.8, 4) is 5.88 Å². The number of aromatic nitrogens is 2. The van der Waals surface area contributed by atoms with Gasteiger partial charge in [0.05, 0.1) is 19.3 Å². The Labute approximate surface area is 95.2 Å². The number of nitrogens with zero attached hydrogens (tertiary/aromatic N) is 2. The molecule has 88 valence electrons. The normalized spacial score (nSPS) is 20.4. The number of ether oxygens (including phenoxy) is 2. The predicted octanol–water partition coefficient (Wildman–Crippen LogP) is 1.47. The zero-order chi connectivity index (χ0) is 11.2. The molecular formula is C11H17N3O2. The highest BCUT2D eigenvalue weighted by Crippen LogP contribution is 2.13. The molecule has 0 bridgehead atoms. The van der Waals surface area contributed by atoms with Crippen molar-refractivity contribution in [3.63, 3.8) is 0 Å². The Morgan fingerprint density at radius 2 is 2.56 bits per heavy atom. The molecular weight excluding hydrogens is 206 g/mol. The van der Waals surface area contributed by atoms with Gasteiger partial charge in [0, 0.05) is 18.9 Å². The number of hydrogen-bond acceptors (Lipinski definition) is 5. The summed E-state index contributed by atoms with van der Waals surface area (Å²) >= 11 is 0. The average Bonchev–Trinajstić information content (AvgIpc) is 2.31. The van der Waals surface area contributed by atoms with E-state index in [1.807, 2.05) is 6.92 Å². The van der Waals surface area contributed by atoms with Gasteiger partial charge in [-0.05, 0) is 19.8 Å². The van der Waals surface area contributed by atoms with Crippen LogP contribution < -0.4 is 10.1 Å². The zero-order valence-corrected chi connectivity index (χ0v) is 9.48. The lowest BCUT2D eigenvalue weighted by Crippen LogP contribution is -2.30. The molecule has 2 rings (SSSR count). The van der Waals surface area contributed by atoms with Gasteiger partial charge in [0.25, 0.3) is 0 Å².